The van der Waals surface area contributed by atoms with Gasteiger partial charge >= 0.3 is 5.97 Å². The lowest BCUT2D eigenvalue weighted by Crippen LogP contribution is -2.48. The molecule has 0 saturated carbocycles. The second kappa shape index (κ2) is 9.89. The van der Waals surface area contributed by atoms with Gasteiger partial charge in [0, 0.05) is 33.2 Å². The van der Waals surface area contributed by atoms with Gasteiger partial charge in [-0.2, -0.15) is 0 Å². The number of rotatable bonds is 7. The second-order valence-corrected chi connectivity index (χ2v) is 5.92. The molecule has 1 aromatic rings. The Bertz CT molecular complexity index is 517. The Labute approximate surface area is 143 Å². The number of nitrogens with zero attached hydrogens (tertiary/aromatic N) is 5. The Kier molecular flexibility index (Phi) is 7.51. The minimum absolute atomic E-state index is 0.0500. The molecule has 1 saturated heterocycles. The van der Waals surface area contributed by atoms with E-state index in [2.05, 4.69) is 25.4 Å². The monoisotopic (exact) mass is 336 g/mol. The van der Waals surface area contributed by atoms with Gasteiger partial charge in [0.15, 0.2) is 5.96 Å². The van der Waals surface area contributed by atoms with E-state index in [0.717, 1.165) is 51.3 Å². The summed E-state index contributed by atoms with van der Waals surface area (Å²) in [6.07, 6.45) is 7.42. The first-order chi connectivity index (χ1) is 11.7. The number of guanidine groups is 1. The van der Waals surface area contributed by atoms with Crippen molar-refractivity contribution in [3.8, 4) is 0 Å². The highest BCUT2D eigenvalue weighted by molar-refractivity contribution is 5.81. The number of carbonyl (C=O) groups excluding carboxylic acids is 1. The van der Waals surface area contributed by atoms with Crippen LogP contribution >= 0.6 is 0 Å². The van der Waals surface area contributed by atoms with Crippen LogP contribution in [0.2, 0.25) is 0 Å². The number of unbranched alkanes of at least 4 members (excludes halogenated alkanes) is 1. The van der Waals surface area contributed by atoms with Gasteiger partial charge < -0.3 is 19.5 Å². The van der Waals surface area contributed by atoms with E-state index in [1.165, 1.54) is 0 Å². The molecule has 1 aliphatic heterocycles. The van der Waals surface area contributed by atoms with Crippen molar-refractivity contribution in [2.24, 2.45) is 10.9 Å². The molecular formula is C16H28N6O2. The van der Waals surface area contributed by atoms with E-state index in [1.54, 1.807) is 19.7 Å². The smallest absolute Gasteiger partial charge is 0.310 e. The molecule has 0 radical (unpaired) electrons. The number of aliphatic imine (C=N–C) groups is 1. The molecule has 0 amide bonds. The Balaban J connectivity index is 1.71. The molecular weight excluding hydrogens is 308 g/mol. The number of ether oxygens (including phenoxy) is 1. The van der Waals surface area contributed by atoms with Gasteiger partial charge in [-0.1, -0.05) is 0 Å². The van der Waals surface area contributed by atoms with Crippen LogP contribution in [0.1, 0.15) is 32.6 Å². The third kappa shape index (κ3) is 5.50. The number of esters is 1. The van der Waals surface area contributed by atoms with Gasteiger partial charge in [0.1, 0.15) is 12.7 Å². The summed E-state index contributed by atoms with van der Waals surface area (Å²) in [5, 5.41) is 11.0. The van der Waals surface area contributed by atoms with Crippen molar-refractivity contribution >= 4 is 11.9 Å². The van der Waals surface area contributed by atoms with E-state index in [9.17, 15) is 4.79 Å². The van der Waals surface area contributed by atoms with Crippen LogP contribution in [0.3, 0.4) is 0 Å². The SMILES string of the molecule is CCOC(=O)[C@H]1CCCN(C(=NC)NCCCCn2cnnc2)C1. The van der Waals surface area contributed by atoms with E-state index in [-0.39, 0.29) is 11.9 Å². The number of hydrogen-bond donors (Lipinski definition) is 1. The van der Waals surface area contributed by atoms with Gasteiger partial charge in [-0.3, -0.25) is 9.79 Å². The maximum absolute atomic E-state index is 11.9. The summed E-state index contributed by atoms with van der Waals surface area (Å²) < 4.78 is 7.13. The van der Waals surface area contributed by atoms with Crippen molar-refractivity contribution in [2.45, 2.75) is 39.2 Å². The van der Waals surface area contributed by atoms with Crippen molar-refractivity contribution in [1.82, 2.24) is 25.0 Å². The van der Waals surface area contributed by atoms with Crippen LogP contribution in [-0.4, -0.2) is 64.9 Å². The zero-order valence-corrected chi connectivity index (χ0v) is 14.6. The number of hydrogen-bond acceptors (Lipinski definition) is 5. The molecule has 1 fully saturated rings. The summed E-state index contributed by atoms with van der Waals surface area (Å²) in [5.74, 6) is 0.728. The minimum Gasteiger partial charge on any atom is -0.466 e. The fourth-order valence-electron chi connectivity index (χ4n) is 2.91. The van der Waals surface area contributed by atoms with Gasteiger partial charge in [-0.05, 0) is 32.6 Å². The second-order valence-electron chi connectivity index (χ2n) is 5.92. The summed E-state index contributed by atoms with van der Waals surface area (Å²) in [5.41, 5.74) is 0. The molecule has 1 aromatic heterocycles. The van der Waals surface area contributed by atoms with Crippen LogP contribution in [0, 0.1) is 5.92 Å². The fourth-order valence-corrected chi connectivity index (χ4v) is 2.91. The number of carbonyl (C=O) groups is 1. The number of likely N-dealkylation sites (tertiary alicyclic amines) is 1. The molecule has 1 atom stereocenters. The zero-order valence-electron chi connectivity index (χ0n) is 14.6. The number of aromatic nitrogens is 3. The molecule has 2 rings (SSSR count). The molecule has 8 heteroatoms. The predicted molar refractivity (Wildman–Crippen MR) is 91.5 cm³/mol. The first-order valence-electron chi connectivity index (χ1n) is 8.69. The van der Waals surface area contributed by atoms with E-state index < -0.39 is 0 Å². The molecule has 0 unspecified atom stereocenters. The third-order valence-electron chi connectivity index (χ3n) is 4.15. The Morgan fingerprint density at radius 3 is 2.88 bits per heavy atom. The van der Waals surface area contributed by atoms with E-state index in [0.29, 0.717) is 13.2 Å². The summed E-state index contributed by atoms with van der Waals surface area (Å²) >= 11 is 0. The van der Waals surface area contributed by atoms with Crippen molar-refractivity contribution in [3.05, 3.63) is 12.7 Å². The predicted octanol–water partition coefficient (Wildman–Crippen LogP) is 0.909. The largest absolute Gasteiger partial charge is 0.466 e. The normalized spacial score (nSPS) is 18.5. The van der Waals surface area contributed by atoms with Crippen molar-refractivity contribution in [2.75, 3.05) is 33.3 Å². The van der Waals surface area contributed by atoms with Crippen molar-refractivity contribution in [1.29, 1.82) is 0 Å². The highest BCUT2D eigenvalue weighted by Gasteiger charge is 2.28. The average Bonchev–Trinajstić information content (AvgIpc) is 3.12. The maximum atomic E-state index is 11.9. The van der Waals surface area contributed by atoms with Gasteiger partial charge in [0.25, 0.3) is 0 Å². The summed E-state index contributed by atoms with van der Waals surface area (Å²) in [6, 6.07) is 0. The molecule has 8 nitrogen and oxygen atoms in total. The third-order valence-corrected chi connectivity index (χ3v) is 4.15. The number of piperidine rings is 1. The highest BCUT2D eigenvalue weighted by Crippen LogP contribution is 2.18. The molecule has 1 aliphatic rings. The van der Waals surface area contributed by atoms with Gasteiger partial charge in [0.2, 0.25) is 0 Å². The van der Waals surface area contributed by atoms with Crippen LogP contribution < -0.4 is 5.32 Å². The summed E-state index contributed by atoms with van der Waals surface area (Å²) in [4.78, 5) is 18.5. The van der Waals surface area contributed by atoms with Crippen LogP contribution in [0.25, 0.3) is 0 Å². The maximum Gasteiger partial charge on any atom is 0.310 e. The molecule has 0 aromatic carbocycles. The Morgan fingerprint density at radius 2 is 2.17 bits per heavy atom. The summed E-state index contributed by atoms with van der Waals surface area (Å²) in [6.45, 7) is 5.67. The minimum atomic E-state index is -0.0911. The standard InChI is InChI=1S/C16H28N6O2/c1-3-24-15(23)14-7-6-10-22(11-14)16(17-2)18-8-4-5-9-21-12-19-20-13-21/h12-14H,3-11H2,1-2H3,(H,17,18)/t14-/m0/s1. The summed E-state index contributed by atoms with van der Waals surface area (Å²) in [7, 11) is 1.79. The van der Waals surface area contributed by atoms with E-state index >= 15 is 0 Å². The molecule has 2 heterocycles. The Morgan fingerprint density at radius 1 is 1.38 bits per heavy atom. The first kappa shape index (κ1) is 18.2. The quantitative estimate of drug-likeness (QED) is 0.345. The first-order valence-corrected chi connectivity index (χ1v) is 8.69. The molecule has 0 aliphatic carbocycles. The van der Waals surface area contributed by atoms with Gasteiger partial charge in [-0.15, -0.1) is 10.2 Å². The lowest BCUT2D eigenvalue weighted by atomic mass is 9.98. The highest BCUT2D eigenvalue weighted by atomic mass is 16.5. The van der Waals surface area contributed by atoms with Crippen molar-refractivity contribution in [3.63, 3.8) is 0 Å². The molecule has 24 heavy (non-hydrogen) atoms. The van der Waals surface area contributed by atoms with Crippen LogP contribution in [0.4, 0.5) is 0 Å². The lowest BCUT2D eigenvalue weighted by Gasteiger charge is -2.33. The Hall–Kier alpha value is -2.12. The average molecular weight is 336 g/mol. The van der Waals surface area contributed by atoms with Crippen LogP contribution in [-0.2, 0) is 16.1 Å². The molecule has 1 N–H and O–H groups in total. The fraction of sp³-hybridized carbons (Fsp3) is 0.750. The topological polar surface area (TPSA) is 84.6 Å². The zero-order chi connectivity index (χ0) is 17.2. The van der Waals surface area contributed by atoms with Crippen LogP contribution in [0.15, 0.2) is 17.6 Å². The van der Waals surface area contributed by atoms with E-state index in [1.807, 2.05) is 11.5 Å². The van der Waals surface area contributed by atoms with E-state index in [4.69, 9.17) is 4.74 Å². The number of nitrogens with one attached hydrogen (secondary N) is 1. The van der Waals surface area contributed by atoms with Gasteiger partial charge in [-0.25, -0.2) is 0 Å². The van der Waals surface area contributed by atoms with Crippen LogP contribution in [0.5, 0.6) is 0 Å². The van der Waals surface area contributed by atoms with Gasteiger partial charge in [0.05, 0.1) is 12.5 Å². The lowest BCUT2D eigenvalue weighted by molar-refractivity contribution is -0.149. The van der Waals surface area contributed by atoms with Crippen molar-refractivity contribution < 1.29 is 9.53 Å². The molecule has 0 bridgehead atoms. The number of aryl methyl sites for hydroxylation is 1. The molecule has 0 spiro atoms. The molecule has 134 valence electrons.